The number of H-pyrrole nitrogens is 1. The van der Waals surface area contributed by atoms with Gasteiger partial charge in [-0.1, -0.05) is 6.92 Å². The highest BCUT2D eigenvalue weighted by Gasteiger charge is 2.04. The molecule has 0 fully saturated rings. The summed E-state index contributed by atoms with van der Waals surface area (Å²) in [6.45, 7) is 1.98. The van der Waals surface area contributed by atoms with Crippen LogP contribution in [0.15, 0.2) is 0 Å². The van der Waals surface area contributed by atoms with Crippen LogP contribution in [0.4, 0.5) is 0 Å². The van der Waals surface area contributed by atoms with Crippen LogP contribution in [0.1, 0.15) is 25.2 Å². The Morgan fingerprint density at radius 2 is 2.40 bits per heavy atom. The van der Waals surface area contributed by atoms with E-state index in [2.05, 4.69) is 20.6 Å². The molecule has 0 aromatic carbocycles. The quantitative estimate of drug-likeness (QED) is 0.645. The van der Waals surface area contributed by atoms with Gasteiger partial charge in [0.05, 0.1) is 6.04 Å². The fourth-order valence-corrected chi connectivity index (χ4v) is 0.517. The molecule has 0 aliphatic rings. The van der Waals surface area contributed by atoms with Crippen LogP contribution in [0.3, 0.4) is 0 Å². The summed E-state index contributed by atoms with van der Waals surface area (Å²) < 4.78 is 0. The molecule has 0 aliphatic heterocycles. The van der Waals surface area contributed by atoms with Crippen molar-refractivity contribution in [3.8, 4) is 0 Å². The van der Waals surface area contributed by atoms with Crippen LogP contribution >= 0.6 is 12.4 Å². The maximum Gasteiger partial charge on any atom is 0.165 e. The zero-order valence-corrected chi connectivity index (χ0v) is 6.43. The number of halogens is 1. The van der Waals surface area contributed by atoms with Crippen LogP contribution in [0.25, 0.3) is 0 Å². The highest BCUT2D eigenvalue weighted by Crippen LogP contribution is 2.03. The fourth-order valence-electron chi connectivity index (χ4n) is 0.517. The average molecular weight is 164 g/mol. The summed E-state index contributed by atoms with van der Waals surface area (Å²) in [7, 11) is 0. The molecule has 1 atom stereocenters. The third kappa shape index (κ3) is 1.93. The van der Waals surface area contributed by atoms with Crippen molar-refractivity contribution in [3.05, 3.63) is 5.82 Å². The standard InChI is InChI=1S/C4H9N5.ClH/c1-2-3(5)4-6-8-9-7-4;/h3H,2,5H2,1H3,(H,6,7,8,9);1H. The molecular weight excluding hydrogens is 154 g/mol. The number of hydrogen-bond acceptors (Lipinski definition) is 4. The van der Waals surface area contributed by atoms with E-state index < -0.39 is 0 Å². The Kier molecular flexibility index (Phi) is 3.90. The van der Waals surface area contributed by atoms with Crippen molar-refractivity contribution >= 4 is 12.4 Å². The van der Waals surface area contributed by atoms with Crippen molar-refractivity contribution < 1.29 is 0 Å². The molecule has 6 heteroatoms. The zero-order valence-electron chi connectivity index (χ0n) is 5.61. The first-order chi connectivity index (χ1) is 4.34. The van der Waals surface area contributed by atoms with Gasteiger partial charge in [-0.25, -0.2) is 5.10 Å². The van der Waals surface area contributed by atoms with Gasteiger partial charge in [-0.15, -0.1) is 17.5 Å². The third-order valence-electron chi connectivity index (χ3n) is 1.15. The van der Waals surface area contributed by atoms with Gasteiger partial charge in [0.1, 0.15) is 0 Å². The molecule has 1 heterocycles. The SMILES string of the molecule is CCC(N)c1nnn[nH]1.Cl. The first-order valence-electron chi connectivity index (χ1n) is 2.83. The molecule has 1 aromatic rings. The molecule has 0 aliphatic carbocycles. The molecule has 1 unspecified atom stereocenters. The van der Waals surface area contributed by atoms with Gasteiger partial charge in [-0.05, 0) is 16.8 Å². The first-order valence-corrected chi connectivity index (χ1v) is 2.83. The molecule has 0 spiro atoms. The van der Waals surface area contributed by atoms with Crippen LogP contribution < -0.4 is 5.73 Å². The van der Waals surface area contributed by atoms with Crippen LogP contribution in [0.5, 0.6) is 0 Å². The molecule has 0 saturated heterocycles. The monoisotopic (exact) mass is 163 g/mol. The second kappa shape index (κ2) is 4.19. The van der Waals surface area contributed by atoms with Gasteiger partial charge >= 0.3 is 0 Å². The third-order valence-corrected chi connectivity index (χ3v) is 1.15. The van der Waals surface area contributed by atoms with Crippen LogP contribution in [0.2, 0.25) is 0 Å². The second-order valence-electron chi connectivity index (χ2n) is 1.80. The number of tetrazole rings is 1. The molecular formula is C4H10ClN5. The number of nitrogens with one attached hydrogen (secondary N) is 1. The van der Waals surface area contributed by atoms with Gasteiger partial charge in [0.25, 0.3) is 0 Å². The van der Waals surface area contributed by atoms with E-state index in [4.69, 9.17) is 5.73 Å². The van der Waals surface area contributed by atoms with E-state index in [1.165, 1.54) is 0 Å². The van der Waals surface area contributed by atoms with E-state index in [9.17, 15) is 0 Å². The number of nitrogens with zero attached hydrogens (tertiary/aromatic N) is 3. The summed E-state index contributed by atoms with van der Waals surface area (Å²) >= 11 is 0. The minimum Gasteiger partial charge on any atom is -0.321 e. The molecule has 3 N–H and O–H groups in total. The van der Waals surface area contributed by atoms with Gasteiger partial charge in [-0.3, -0.25) is 0 Å². The van der Waals surface area contributed by atoms with Gasteiger partial charge in [0.2, 0.25) is 0 Å². The molecule has 0 bridgehead atoms. The Hall–Kier alpha value is -0.680. The van der Waals surface area contributed by atoms with E-state index in [0.29, 0.717) is 5.82 Å². The second-order valence-corrected chi connectivity index (χ2v) is 1.80. The molecule has 0 radical (unpaired) electrons. The van der Waals surface area contributed by atoms with Crippen LogP contribution in [-0.2, 0) is 0 Å². The Morgan fingerprint density at radius 1 is 1.70 bits per heavy atom. The van der Waals surface area contributed by atoms with E-state index in [1.54, 1.807) is 0 Å². The Labute approximate surface area is 64.8 Å². The normalized spacial score (nSPS) is 12.2. The number of rotatable bonds is 2. The van der Waals surface area contributed by atoms with Crippen molar-refractivity contribution in [2.45, 2.75) is 19.4 Å². The van der Waals surface area contributed by atoms with Crippen molar-refractivity contribution in [1.82, 2.24) is 20.6 Å². The molecule has 10 heavy (non-hydrogen) atoms. The fraction of sp³-hybridized carbons (Fsp3) is 0.750. The summed E-state index contributed by atoms with van der Waals surface area (Å²) in [6.07, 6.45) is 0.844. The molecule has 0 saturated carbocycles. The minimum absolute atomic E-state index is 0. The van der Waals surface area contributed by atoms with Crippen molar-refractivity contribution in [1.29, 1.82) is 0 Å². The van der Waals surface area contributed by atoms with Gasteiger partial charge in [-0.2, -0.15) is 0 Å². The molecule has 0 amide bonds. The van der Waals surface area contributed by atoms with Crippen molar-refractivity contribution in [3.63, 3.8) is 0 Å². The number of hydrogen-bond donors (Lipinski definition) is 2. The maximum atomic E-state index is 5.56. The summed E-state index contributed by atoms with van der Waals surface area (Å²) in [6, 6.07) is -0.0556. The van der Waals surface area contributed by atoms with Gasteiger partial charge in [0, 0.05) is 0 Å². The lowest BCUT2D eigenvalue weighted by molar-refractivity contribution is 0.650. The Balaban J connectivity index is 0.000000810. The summed E-state index contributed by atoms with van der Waals surface area (Å²) in [5.41, 5.74) is 5.56. The lowest BCUT2D eigenvalue weighted by Crippen LogP contribution is -2.10. The lowest BCUT2D eigenvalue weighted by Gasteiger charge is -1.99. The van der Waals surface area contributed by atoms with Crippen molar-refractivity contribution in [2.24, 2.45) is 5.73 Å². The topological polar surface area (TPSA) is 80.5 Å². The highest BCUT2D eigenvalue weighted by molar-refractivity contribution is 5.85. The largest absolute Gasteiger partial charge is 0.321 e. The maximum absolute atomic E-state index is 5.56. The van der Waals surface area contributed by atoms with Gasteiger partial charge in [0.15, 0.2) is 5.82 Å². The van der Waals surface area contributed by atoms with E-state index >= 15 is 0 Å². The molecule has 1 rings (SSSR count). The molecule has 1 aromatic heterocycles. The van der Waals surface area contributed by atoms with Gasteiger partial charge < -0.3 is 5.73 Å². The van der Waals surface area contributed by atoms with E-state index in [0.717, 1.165) is 6.42 Å². The van der Waals surface area contributed by atoms with Crippen LogP contribution in [0, 0.1) is 0 Å². The minimum atomic E-state index is -0.0556. The number of nitrogens with two attached hydrogens (primary N) is 1. The van der Waals surface area contributed by atoms with E-state index in [-0.39, 0.29) is 18.4 Å². The average Bonchev–Trinajstić information content (AvgIpc) is 2.37. The first kappa shape index (κ1) is 9.32. The molecule has 58 valence electrons. The summed E-state index contributed by atoms with van der Waals surface area (Å²) in [5.74, 6) is 0.650. The Morgan fingerprint density at radius 3 is 2.80 bits per heavy atom. The number of aromatic nitrogens is 4. The molecule has 5 nitrogen and oxygen atoms in total. The Bertz CT molecular complexity index is 162. The highest BCUT2D eigenvalue weighted by atomic mass is 35.5. The number of aromatic amines is 1. The zero-order chi connectivity index (χ0) is 6.69. The van der Waals surface area contributed by atoms with Crippen LogP contribution in [-0.4, -0.2) is 20.6 Å². The smallest absolute Gasteiger partial charge is 0.165 e. The van der Waals surface area contributed by atoms with E-state index in [1.807, 2.05) is 6.92 Å². The predicted octanol–water partition coefficient (Wildman–Crippen LogP) is 0.0313. The predicted molar refractivity (Wildman–Crippen MR) is 38.6 cm³/mol. The lowest BCUT2D eigenvalue weighted by atomic mass is 10.2. The van der Waals surface area contributed by atoms with Crippen molar-refractivity contribution in [2.75, 3.05) is 0 Å². The summed E-state index contributed by atoms with van der Waals surface area (Å²) in [4.78, 5) is 0. The summed E-state index contributed by atoms with van der Waals surface area (Å²) in [5, 5.41) is 13.0.